The van der Waals surface area contributed by atoms with Crippen molar-refractivity contribution in [3.63, 3.8) is 0 Å². The number of anilines is 1. The van der Waals surface area contributed by atoms with E-state index in [4.69, 9.17) is 11.6 Å². The van der Waals surface area contributed by atoms with Crippen molar-refractivity contribution in [1.29, 1.82) is 0 Å². The largest absolute Gasteiger partial charge is 0.321 e. The molecule has 29 heavy (non-hydrogen) atoms. The van der Waals surface area contributed by atoms with E-state index in [1.54, 1.807) is 24.3 Å². The number of rotatable bonds is 4. The van der Waals surface area contributed by atoms with Gasteiger partial charge in [-0.3, -0.25) is 4.79 Å². The summed E-state index contributed by atoms with van der Waals surface area (Å²) in [6.07, 6.45) is 0. The van der Waals surface area contributed by atoms with Gasteiger partial charge in [0.2, 0.25) is 0 Å². The molecule has 0 saturated carbocycles. The van der Waals surface area contributed by atoms with Gasteiger partial charge in [0.05, 0.1) is 11.4 Å². The summed E-state index contributed by atoms with van der Waals surface area (Å²) in [5.74, 6) is -0.284. The Bertz CT molecular complexity index is 1180. The monoisotopic (exact) mass is 401 g/mol. The van der Waals surface area contributed by atoms with Gasteiger partial charge < -0.3 is 5.32 Å². The first-order chi connectivity index (χ1) is 14.0. The highest BCUT2D eigenvalue weighted by Gasteiger charge is 2.18. The van der Waals surface area contributed by atoms with Crippen LogP contribution in [0.15, 0.2) is 78.9 Å². The van der Waals surface area contributed by atoms with Gasteiger partial charge in [0.25, 0.3) is 5.91 Å². The molecule has 0 atom stereocenters. The number of benzene rings is 3. The fourth-order valence-corrected chi connectivity index (χ4v) is 3.36. The maximum atomic E-state index is 12.9. The van der Waals surface area contributed by atoms with E-state index in [2.05, 4.69) is 22.5 Å². The van der Waals surface area contributed by atoms with Gasteiger partial charge in [0, 0.05) is 16.3 Å². The summed E-state index contributed by atoms with van der Waals surface area (Å²) < 4.78 is 1.83. The second kappa shape index (κ2) is 7.94. The van der Waals surface area contributed by atoms with Crippen LogP contribution < -0.4 is 5.32 Å². The molecular weight excluding hydrogens is 382 g/mol. The van der Waals surface area contributed by atoms with Crippen LogP contribution in [0.4, 0.5) is 5.69 Å². The Hall–Kier alpha value is -3.37. The van der Waals surface area contributed by atoms with Gasteiger partial charge in [0.1, 0.15) is 0 Å². The van der Waals surface area contributed by atoms with E-state index < -0.39 is 0 Å². The SMILES string of the molecule is Cc1ccc(-c2cc(C(=O)Nc3cccc(Cl)c3)nn2-c2ccccc2C)cc1. The highest BCUT2D eigenvalue weighted by atomic mass is 35.5. The zero-order valence-corrected chi connectivity index (χ0v) is 16.9. The zero-order chi connectivity index (χ0) is 20.4. The van der Waals surface area contributed by atoms with Crippen LogP contribution in [0, 0.1) is 13.8 Å². The van der Waals surface area contributed by atoms with Crippen LogP contribution in [0.25, 0.3) is 16.9 Å². The predicted molar refractivity (Wildman–Crippen MR) is 118 cm³/mol. The molecule has 1 heterocycles. The molecule has 3 aromatic carbocycles. The van der Waals surface area contributed by atoms with E-state index in [1.807, 2.05) is 61.0 Å². The maximum Gasteiger partial charge on any atom is 0.276 e. The summed E-state index contributed by atoms with van der Waals surface area (Å²) in [6, 6.07) is 25.0. The first-order valence-corrected chi connectivity index (χ1v) is 9.69. The average molecular weight is 402 g/mol. The van der Waals surface area contributed by atoms with Crippen LogP contribution in [0.1, 0.15) is 21.6 Å². The molecule has 144 valence electrons. The summed E-state index contributed by atoms with van der Waals surface area (Å²) in [5.41, 5.74) is 6.00. The Balaban J connectivity index is 1.78. The number of carbonyl (C=O) groups is 1. The van der Waals surface area contributed by atoms with Gasteiger partial charge in [-0.25, -0.2) is 4.68 Å². The first-order valence-electron chi connectivity index (χ1n) is 9.31. The predicted octanol–water partition coefficient (Wildman–Crippen LogP) is 6.06. The number of aryl methyl sites for hydroxylation is 2. The second-order valence-corrected chi connectivity index (χ2v) is 7.38. The molecule has 0 saturated heterocycles. The summed E-state index contributed by atoms with van der Waals surface area (Å²) in [7, 11) is 0. The van der Waals surface area contributed by atoms with Crippen molar-refractivity contribution in [1.82, 2.24) is 9.78 Å². The van der Waals surface area contributed by atoms with Gasteiger partial charge in [-0.05, 0) is 49.7 Å². The fraction of sp³-hybridized carbons (Fsp3) is 0.0833. The van der Waals surface area contributed by atoms with Crippen molar-refractivity contribution in [2.45, 2.75) is 13.8 Å². The Morgan fingerprint density at radius 3 is 2.41 bits per heavy atom. The number of nitrogens with zero attached hydrogens (tertiary/aromatic N) is 2. The topological polar surface area (TPSA) is 46.9 Å². The molecule has 0 fully saturated rings. The minimum absolute atomic E-state index is 0.284. The maximum absolute atomic E-state index is 12.9. The molecule has 0 radical (unpaired) electrons. The lowest BCUT2D eigenvalue weighted by atomic mass is 10.1. The normalized spacial score (nSPS) is 10.7. The number of nitrogens with one attached hydrogen (secondary N) is 1. The van der Waals surface area contributed by atoms with Crippen LogP contribution in [0.2, 0.25) is 5.02 Å². The molecule has 1 aromatic heterocycles. The minimum Gasteiger partial charge on any atom is -0.321 e. The van der Waals surface area contributed by atoms with Crippen LogP contribution in [0.3, 0.4) is 0 Å². The number of para-hydroxylation sites is 1. The van der Waals surface area contributed by atoms with E-state index >= 15 is 0 Å². The van der Waals surface area contributed by atoms with E-state index in [0.29, 0.717) is 16.4 Å². The lowest BCUT2D eigenvalue weighted by Crippen LogP contribution is -2.13. The third-order valence-corrected chi connectivity index (χ3v) is 4.95. The molecule has 4 aromatic rings. The standard InChI is InChI=1S/C24H20ClN3O/c1-16-10-12-18(13-11-16)23-15-21(24(29)26-20-8-5-7-19(25)14-20)27-28(23)22-9-4-3-6-17(22)2/h3-15H,1-2H3,(H,26,29). The smallest absolute Gasteiger partial charge is 0.276 e. The van der Waals surface area contributed by atoms with E-state index in [1.165, 1.54) is 5.56 Å². The fourth-order valence-electron chi connectivity index (χ4n) is 3.17. The van der Waals surface area contributed by atoms with Gasteiger partial charge in [-0.15, -0.1) is 0 Å². The van der Waals surface area contributed by atoms with E-state index in [-0.39, 0.29) is 5.91 Å². The van der Waals surface area contributed by atoms with Gasteiger partial charge in [-0.2, -0.15) is 5.10 Å². The Labute approximate surface area is 174 Å². The summed E-state index contributed by atoms with van der Waals surface area (Å²) >= 11 is 6.02. The number of hydrogen-bond acceptors (Lipinski definition) is 2. The van der Waals surface area contributed by atoms with Crippen LogP contribution in [-0.4, -0.2) is 15.7 Å². The summed E-state index contributed by atoms with van der Waals surface area (Å²) in [4.78, 5) is 12.9. The van der Waals surface area contributed by atoms with Crippen LogP contribution >= 0.6 is 11.6 Å². The quantitative estimate of drug-likeness (QED) is 0.451. The number of aromatic nitrogens is 2. The number of halogens is 1. The van der Waals surface area contributed by atoms with Crippen molar-refractivity contribution in [2.75, 3.05) is 5.32 Å². The Kier molecular flexibility index (Phi) is 5.19. The Morgan fingerprint density at radius 2 is 1.69 bits per heavy atom. The van der Waals surface area contributed by atoms with E-state index in [9.17, 15) is 4.79 Å². The molecule has 1 amide bonds. The van der Waals surface area contributed by atoms with Gasteiger partial charge in [-0.1, -0.05) is 65.7 Å². The molecule has 0 bridgehead atoms. The third-order valence-electron chi connectivity index (χ3n) is 4.72. The molecule has 0 spiro atoms. The van der Waals surface area contributed by atoms with Crippen LogP contribution in [0.5, 0.6) is 0 Å². The number of hydrogen-bond donors (Lipinski definition) is 1. The third kappa shape index (κ3) is 4.08. The van der Waals surface area contributed by atoms with Gasteiger partial charge >= 0.3 is 0 Å². The zero-order valence-electron chi connectivity index (χ0n) is 16.2. The lowest BCUT2D eigenvalue weighted by Gasteiger charge is -2.10. The molecule has 0 unspecified atom stereocenters. The minimum atomic E-state index is -0.284. The molecule has 5 heteroatoms. The lowest BCUT2D eigenvalue weighted by molar-refractivity contribution is 0.102. The van der Waals surface area contributed by atoms with Crippen molar-refractivity contribution in [2.24, 2.45) is 0 Å². The molecule has 0 aliphatic carbocycles. The van der Waals surface area contributed by atoms with Crippen molar-refractivity contribution < 1.29 is 4.79 Å². The second-order valence-electron chi connectivity index (χ2n) is 6.94. The molecular formula is C24H20ClN3O. The molecule has 4 rings (SSSR count). The highest BCUT2D eigenvalue weighted by Crippen LogP contribution is 2.26. The summed E-state index contributed by atoms with van der Waals surface area (Å²) in [5, 5.41) is 8.06. The first kappa shape index (κ1) is 19.0. The molecule has 0 aliphatic heterocycles. The molecule has 1 N–H and O–H groups in total. The van der Waals surface area contributed by atoms with Crippen molar-refractivity contribution in [3.8, 4) is 16.9 Å². The number of carbonyl (C=O) groups excluding carboxylic acids is 1. The van der Waals surface area contributed by atoms with E-state index in [0.717, 1.165) is 22.5 Å². The number of amides is 1. The van der Waals surface area contributed by atoms with Crippen molar-refractivity contribution >= 4 is 23.2 Å². The molecule has 0 aliphatic rings. The average Bonchev–Trinajstić information content (AvgIpc) is 3.14. The molecule has 4 nitrogen and oxygen atoms in total. The van der Waals surface area contributed by atoms with Crippen LogP contribution in [-0.2, 0) is 0 Å². The summed E-state index contributed by atoms with van der Waals surface area (Å²) in [6.45, 7) is 4.08. The van der Waals surface area contributed by atoms with Crippen molar-refractivity contribution in [3.05, 3.63) is 101 Å². The Morgan fingerprint density at radius 1 is 0.931 bits per heavy atom. The van der Waals surface area contributed by atoms with Gasteiger partial charge in [0.15, 0.2) is 5.69 Å². The highest BCUT2D eigenvalue weighted by molar-refractivity contribution is 6.30.